The monoisotopic (exact) mass is 233 g/mol. The summed E-state index contributed by atoms with van der Waals surface area (Å²) in [7, 11) is 0. The molecule has 0 radical (unpaired) electrons. The van der Waals surface area contributed by atoms with Gasteiger partial charge in [-0.2, -0.15) is 0 Å². The summed E-state index contributed by atoms with van der Waals surface area (Å²) in [6.07, 6.45) is 0.897. The van der Waals surface area contributed by atoms with E-state index in [0.717, 1.165) is 38.2 Å². The van der Waals surface area contributed by atoms with Crippen LogP contribution in [0.25, 0.3) is 0 Å². The van der Waals surface area contributed by atoms with Crippen molar-refractivity contribution in [2.45, 2.75) is 13.3 Å². The third-order valence-electron chi connectivity index (χ3n) is 3.18. The van der Waals surface area contributed by atoms with Crippen molar-refractivity contribution in [1.82, 2.24) is 10.2 Å². The van der Waals surface area contributed by atoms with Crippen LogP contribution in [0, 0.1) is 0 Å². The fraction of sp³-hybridized carbons (Fsp3) is 0.462. The Labute approximate surface area is 102 Å². The molecule has 0 spiro atoms. The molecule has 1 amide bonds. The standard InChI is InChI=1S/C13H19N3O/c1-2-10-3-4-11(9-12(10)14)13(17)16-7-5-15-6-8-16/h3-4,9,15H,2,5-8,14H2,1H3. The second-order valence-electron chi connectivity index (χ2n) is 4.31. The Morgan fingerprint density at radius 3 is 2.71 bits per heavy atom. The highest BCUT2D eigenvalue weighted by Gasteiger charge is 2.18. The van der Waals surface area contributed by atoms with Gasteiger partial charge in [0.05, 0.1) is 0 Å². The first-order chi connectivity index (χ1) is 8.22. The van der Waals surface area contributed by atoms with Crippen molar-refractivity contribution >= 4 is 11.6 Å². The fourth-order valence-electron chi connectivity index (χ4n) is 2.10. The second kappa shape index (κ2) is 5.19. The van der Waals surface area contributed by atoms with E-state index in [1.165, 1.54) is 0 Å². The Bertz CT molecular complexity index is 411. The summed E-state index contributed by atoms with van der Waals surface area (Å²) in [5.74, 6) is 0.0841. The summed E-state index contributed by atoms with van der Waals surface area (Å²) in [5, 5.41) is 3.23. The molecule has 4 nitrogen and oxygen atoms in total. The van der Waals surface area contributed by atoms with Gasteiger partial charge < -0.3 is 16.0 Å². The van der Waals surface area contributed by atoms with Gasteiger partial charge in [-0.05, 0) is 24.1 Å². The number of aryl methyl sites for hydroxylation is 1. The lowest BCUT2D eigenvalue weighted by Gasteiger charge is -2.27. The van der Waals surface area contributed by atoms with Gasteiger partial charge in [-0.15, -0.1) is 0 Å². The van der Waals surface area contributed by atoms with Gasteiger partial charge in [0.25, 0.3) is 5.91 Å². The van der Waals surface area contributed by atoms with Crippen molar-refractivity contribution in [3.8, 4) is 0 Å². The molecule has 0 atom stereocenters. The maximum atomic E-state index is 12.2. The van der Waals surface area contributed by atoms with Crippen LogP contribution in [0.15, 0.2) is 18.2 Å². The minimum atomic E-state index is 0.0841. The number of nitrogens with zero attached hydrogens (tertiary/aromatic N) is 1. The van der Waals surface area contributed by atoms with Crippen LogP contribution in [-0.2, 0) is 6.42 Å². The van der Waals surface area contributed by atoms with Crippen molar-refractivity contribution in [3.05, 3.63) is 29.3 Å². The van der Waals surface area contributed by atoms with E-state index in [-0.39, 0.29) is 5.91 Å². The summed E-state index contributed by atoms with van der Waals surface area (Å²) < 4.78 is 0. The summed E-state index contributed by atoms with van der Waals surface area (Å²) in [4.78, 5) is 14.1. The summed E-state index contributed by atoms with van der Waals surface area (Å²) in [6, 6.07) is 5.62. The molecular formula is C13H19N3O. The molecule has 92 valence electrons. The van der Waals surface area contributed by atoms with Gasteiger partial charge in [0.15, 0.2) is 0 Å². The van der Waals surface area contributed by atoms with Crippen molar-refractivity contribution in [1.29, 1.82) is 0 Å². The molecule has 4 heteroatoms. The average molecular weight is 233 g/mol. The lowest BCUT2D eigenvalue weighted by Crippen LogP contribution is -2.46. The van der Waals surface area contributed by atoms with E-state index in [9.17, 15) is 4.79 Å². The van der Waals surface area contributed by atoms with E-state index in [4.69, 9.17) is 5.73 Å². The van der Waals surface area contributed by atoms with Crippen LogP contribution in [0.1, 0.15) is 22.8 Å². The number of nitrogen functional groups attached to an aromatic ring is 1. The lowest BCUT2D eigenvalue weighted by molar-refractivity contribution is 0.0736. The quantitative estimate of drug-likeness (QED) is 0.745. The van der Waals surface area contributed by atoms with Crippen molar-refractivity contribution in [3.63, 3.8) is 0 Å². The molecule has 1 heterocycles. The minimum absolute atomic E-state index is 0.0841. The number of nitrogens with one attached hydrogen (secondary N) is 1. The Kier molecular flexibility index (Phi) is 3.64. The average Bonchev–Trinajstić information content (AvgIpc) is 2.39. The Morgan fingerprint density at radius 1 is 1.41 bits per heavy atom. The first-order valence-electron chi connectivity index (χ1n) is 6.10. The van der Waals surface area contributed by atoms with Gasteiger partial charge in [0.2, 0.25) is 0 Å². The molecule has 0 aromatic heterocycles. The molecule has 0 aliphatic carbocycles. The molecule has 1 aliphatic rings. The number of anilines is 1. The van der Waals surface area contributed by atoms with Crippen LogP contribution in [-0.4, -0.2) is 37.0 Å². The lowest BCUT2D eigenvalue weighted by atomic mass is 10.1. The van der Waals surface area contributed by atoms with E-state index in [1.807, 2.05) is 17.0 Å². The van der Waals surface area contributed by atoms with Crippen molar-refractivity contribution < 1.29 is 4.79 Å². The van der Waals surface area contributed by atoms with Crippen LogP contribution in [0.3, 0.4) is 0 Å². The largest absolute Gasteiger partial charge is 0.398 e. The highest BCUT2D eigenvalue weighted by atomic mass is 16.2. The number of carbonyl (C=O) groups is 1. The predicted octanol–water partition coefficient (Wildman–Crippen LogP) is 0.877. The number of carbonyl (C=O) groups excluding carboxylic acids is 1. The van der Waals surface area contributed by atoms with Gasteiger partial charge >= 0.3 is 0 Å². The van der Waals surface area contributed by atoms with Crippen molar-refractivity contribution in [2.75, 3.05) is 31.9 Å². The molecule has 1 fully saturated rings. The Balaban J connectivity index is 2.16. The summed E-state index contributed by atoms with van der Waals surface area (Å²) in [5.41, 5.74) is 8.43. The van der Waals surface area contributed by atoms with Crippen LogP contribution in [0.5, 0.6) is 0 Å². The summed E-state index contributed by atoms with van der Waals surface area (Å²) >= 11 is 0. The number of piperazine rings is 1. The van der Waals surface area contributed by atoms with Gasteiger partial charge in [0, 0.05) is 37.4 Å². The Hall–Kier alpha value is -1.55. The highest BCUT2D eigenvalue weighted by Crippen LogP contribution is 2.16. The molecule has 1 saturated heterocycles. The summed E-state index contributed by atoms with van der Waals surface area (Å²) in [6.45, 7) is 5.34. The Morgan fingerprint density at radius 2 is 2.12 bits per heavy atom. The molecular weight excluding hydrogens is 214 g/mol. The fourth-order valence-corrected chi connectivity index (χ4v) is 2.10. The normalized spacial score (nSPS) is 15.9. The van der Waals surface area contributed by atoms with Crippen LogP contribution >= 0.6 is 0 Å². The molecule has 0 unspecified atom stereocenters. The van der Waals surface area contributed by atoms with Crippen molar-refractivity contribution in [2.24, 2.45) is 0 Å². The van der Waals surface area contributed by atoms with E-state index in [2.05, 4.69) is 12.2 Å². The molecule has 2 rings (SSSR count). The number of benzene rings is 1. The van der Waals surface area contributed by atoms with Crippen LogP contribution < -0.4 is 11.1 Å². The molecule has 0 bridgehead atoms. The second-order valence-corrected chi connectivity index (χ2v) is 4.31. The number of rotatable bonds is 2. The van der Waals surface area contributed by atoms with E-state index in [0.29, 0.717) is 11.3 Å². The van der Waals surface area contributed by atoms with E-state index in [1.54, 1.807) is 6.07 Å². The van der Waals surface area contributed by atoms with Gasteiger partial charge in [-0.25, -0.2) is 0 Å². The van der Waals surface area contributed by atoms with Gasteiger partial charge in [0.1, 0.15) is 0 Å². The predicted molar refractivity (Wildman–Crippen MR) is 69.0 cm³/mol. The number of amides is 1. The van der Waals surface area contributed by atoms with Gasteiger partial charge in [-0.1, -0.05) is 13.0 Å². The number of nitrogens with two attached hydrogens (primary N) is 1. The van der Waals surface area contributed by atoms with E-state index < -0.39 is 0 Å². The third kappa shape index (κ3) is 2.58. The molecule has 17 heavy (non-hydrogen) atoms. The maximum absolute atomic E-state index is 12.2. The SMILES string of the molecule is CCc1ccc(C(=O)N2CCNCC2)cc1N. The van der Waals surface area contributed by atoms with E-state index >= 15 is 0 Å². The minimum Gasteiger partial charge on any atom is -0.398 e. The zero-order chi connectivity index (χ0) is 12.3. The third-order valence-corrected chi connectivity index (χ3v) is 3.18. The smallest absolute Gasteiger partial charge is 0.254 e. The zero-order valence-electron chi connectivity index (χ0n) is 10.2. The molecule has 1 aromatic carbocycles. The molecule has 1 aliphatic heterocycles. The van der Waals surface area contributed by atoms with Crippen LogP contribution in [0.2, 0.25) is 0 Å². The maximum Gasteiger partial charge on any atom is 0.254 e. The first kappa shape index (κ1) is 11.9. The zero-order valence-corrected chi connectivity index (χ0v) is 10.2. The van der Waals surface area contributed by atoms with Gasteiger partial charge in [-0.3, -0.25) is 4.79 Å². The molecule has 1 aromatic rings. The first-order valence-corrected chi connectivity index (χ1v) is 6.10. The molecule has 3 N–H and O–H groups in total. The highest BCUT2D eigenvalue weighted by molar-refractivity contribution is 5.95. The molecule has 0 saturated carbocycles. The van der Waals surface area contributed by atoms with Crippen LogP contribution in [0.4, 0.5) is 5.69 Å². The topological polar surface area (TPSA) is 58.4 Å². The number of hydrogen-bond acceptors (Lipinski definition) is 3. The number of hydrogen-bond donors (Lipinski definition) is 2.